The fourth-order valence-corrected chi connectivity index (χ4v) is 3.24. The minimum Gasteiger partial charge on any atom is -0.367 e. The van der Waals surface area contributed by atoms with Gasteiger partial charge in [-0.25, -0.2) is 4.98 Å². The van der Waals surface area contributed by atoms with E-state index >= 15 is 0 Å². The molecule has 1 fully saturated rings. The Balaban J connectivity index is 1.90. The lowest BCUT2D eigenvalue weighted by molar-refractivity contribution is -0.384. The highest BCUT2D eigenvalue weighted by atomic mass is 32.1. The van der Waals surface area contributed by atoms with Crippen LogP contribution in [0.3, 0.4) is 0 Å². The molecular weight excluding hydrogens is 290 g/mol. The highest BCUT2D eigenvalue weighted by Crippen LogP contribution is 2.32. The summed E-state index contributed by atoms with van der Waals surface area (Å²) in [5, 5.41) is 15.2. The Morgan fingerprint density at radius 1 is 1.48 bits per heavy atom. The molecule has 6 nitrogen and oxygen atoms in total. The first-order valence-corrected chi connectivity index (χ1v) is 7.61. The van der Waals surface area contributed by atoms with Crippen molar-refractivity contribution < 1.29 is 9.66 Å². The highest BCUT2D eigenvalue weighted by molar-refractivity contribution is 7.07. The lowest BCUT2D eigenvalue weighted by atomic mass is 10.1. The quantitative estimate of drug-likeness (QED) is 0.644. The second-order valence-corrected chi connectivity index (χ2v) is 5.78. The highest BCUT2D eigenvalue weighted by Gasteiger charge is 2.31. The molecule has 1 saturated heterocycles. The smallest absolute Gasteiger partial charge is 0.311 e. The molecule has 0 aromatic carbocycles. The standard InChI is InChI=1S/C14H15N3O3S/c1-10-7-16(8-13(20-10)11-4-6-21-9-11)14-12(17(18)19)3-2-5-15-14/h2-6,9-10,13H,7-8H2,1H3. The van der Waals surface area contributed by atoms with Gasteiger partial charge in [-0.2, -0.15) is 11.3 Å². The van der Waals surface area contributed by atoms with Crippen LogP contribution in [0.5, 0.6) is 0 Å². The predicted molar refractivity (Wildman–Crippen MR) is 80.7 cm³/mol. The van der Waals surface area contributed by atoms with Gasteiger partial charge in [0.15, 0.2) is 0 Å². The fourth-order valence-electron chi connectivity index (χ4n) is 2.54. The molecule has 0 radical (unpaired) electrons. The number of rotatable bonds is 3. The second kappa shape index (κ2) is 5.79. The molecule has 110 valence electrons. The molecule has 21 heavy (non-hydrogen) atoms. The number of pyridine rings is 1. The van der Waals surface area contributed by atoms with Crippen LogP contribution in [0, 0.1) is 10.1 Å². The molecule has 7 heteroatoms. The van der Waals surface area contributed by atoms with Gasteiger partial charge in [-0.15, -0.1) is 0 Å². The van der Waals surface area contributed by atoms with Gasteiger partial charge in [0.1, 0.15) is 6.10 Å². The number of thiophene rings is 1. The van der Waals surface area contributed by atoms with Gasteiger partial charge in [0.2, 0.25) is 5.82 Å². The summed E-state index contributed by atoms with van der Waals surface area (Å²) in [6.07, 6.45) is 1.49. The molecule has 0 bridgehead atoms. The normalized spacial score (nSPS) is 22.2. The van der Waals surface area contributed by atoms with Crippen LogP contribution in [0.1, 0.15) is 18.6 Å². The minimum atomic E-state index is -0.387. The number of nitro groups is 1. The molecule has 1 aliphatic rings. The van der Waals surface area contributed by atoms with Gasteiger partial charge in [-0.1, -0.05) is 0 Å². The van der Waals surface area contributed by atoms with E-state index in [-0.39, 0.29) is 22.8 Å². The Labute approximate surface area is 126 Å². The predicted octanol–water partition coefficient (Wildman–Crippen LogP) is 3.02. The molecule has 0 aliphatic carbocycles. The number of ether oxygens (including phenoxy) is 1. The largest absolute Gasteiger partial charge is 0.367 e. The van der Waals surface area contributed by atoms with E-state index in [1.54, 1.807) is 23.6 Å². The monoisotopic (exact) mass is 305 g/mol. The lowest BCUT2D eigenvalue weighted by Crippen LogP contribution is -2.43. The van der Waals surface area contributed by atoms with Crippen LogP contribution in [-0.4, -0.2) is 29.1 Å². The fraction of sp³-hybridized carbons (Fsp3) is 0.357. The van der Waals surface area contributed by atoms with Crippen LogP contribution in [0.25, 0.3) is 0 Å². The zero-order valence-corrected chi connectivity index (χ0v) is 12.3. The number of hydrogen-bond donors (Lipinski definition) is 0. The molecule has 0 saturated carbocycles. The summed E-state index contributed by atoms with van der Waals surface area (Å²) in [5.74, 6) is 0.415. The van der Waals surface area contributed by atoms with Crippen molar-refractivity contribution in [1.29, 1.82) is 0 Å². The summed E-state index contributed by atoms with van der Waals surface area (Å²) in [5.41, 5.74) is 1.14. The van der Waals surface area contributed by atoms with Crippen molar-refractivity contribution in [1.82, 2.24) is 4.98 Å². The van der Waals surface area contributed by atoms with Crippen molar-refractivity contribution in [3.8, 4) is 0 Å². The molecule has 2 aromatic rings. The van der Waals surface area contributed by atoms with Gasteiger partial charge in [-0.3, -0.25) is 10.1 Å². The minimum absolute atomic E-state index is 0.00902. The van der Waals surface area contributed by atoms with Gasteiger partial charge < -0.3 is 9.64 Å². The molecule has 2 unspecified atom stereocenters. The third-order valence-electron chi connectivity index (χ3n) is 3.44. The third-order valence-corrected chi connectivity index (χ3v) is 4.14. The Kier molecular flexibility index (Phi) is 3.85. The van der Waals surface area contributed by atoms with E-state index in [0.717, 1.165) is 5.56 Å². The molecular formula is C14H15N3O3S. The van der Waals surface area contributed by atoms with Crippen molar-refractivity contribution in [2.24, 2.45) is 0 Å². The third kappa shape index (κ3) is 2.88. The van der Waals surface area contributed by atoms with Crippen LogP contribution < -0.4 is 4.90 Å². The number of nitrogens with zero attached hydrogens (tertiary/aromatic N) is 3. The first-order valence-electron chi connectivity index (χ1n) is 6.67. The van der Waals surface area contributed by atoms with E-state index in [1.807, 2.05) is 28.7 Å². The lowest BCUT2D eigenvalue weighted by Gasteiger charge is -2.37. The maximum atomic E-state index is 11.2. The molecule has 2 atom stereocenters. The van der Waals surface area contributed by atoms with Gasteiger partial charge in [0.05, 0.1) is 17.6 Å². The topological polar surface area (TPSA) is 68.5 Å². The van der Waals surface area contributed by atoms with E-state index in [9.17, 15) is 10.1 Å². The van der Waals surface area contributed by atoms with E-state index in [0.29, 0.717) is 18.9 Å². The number of anilines is 1. The average Bonchev–Trinajstić information content (AvgIpc) is 3.01. The summed E-state index contributed by atoms with van der Waals surface area (Å²) in [6.45, 7) is 3.14. The zero-order valence-electron chi connectivity index (χ0n) is 11.5. The average molecular weight is 305 g/mol. The zero-order chi connectivity index (χ0) is 14.8. The Morgan fingerprint density at radius 3 is 3.05 bits per heavy atom. The summed E-state index contributed by atoms with van der Waals surface area (Å²) < 4.78 is 5.95. The number of hydrogen-bond acceptors (Lipinski definition) is 6. The summed E-state index contributed by atoms with van der Waals surface area (Å²) in [7, 11) is 0. The van der Waals surface area contributed by atoms with Gasteiger partial charge in [-0.05, 0) is 35.4 Å². The molecule has 2 aromatic heterocycles. The van der Waals surface area contributed by atoms with Crippen molar-refractivity contribution in [3.05, 3.63) is 50.8 Å². The molecule has 0 amide bonds. The Hall–Kier alpha value is -1.99. The van der Waals surface area contributed by atoms with Crippen LogP contribution in [0.2, 0.25) is 0 Å². The Morgan fingerprint density at radius 2 is 2.33 bits per heavy atom. The summed E-state index contributed by atoms with van der Waals surface area (Å²) >= 11 is 1.62. The first kappa shape index (κ1) is 14.0. The van der Waals surface area contributed by atoms with E-state index in [2.05, 4.69) is 4.98 Å². The number of morpholine rings is 1. The second-order valence-electron chi connectivity index (χ2n) is 5.00. The van der Waals surface area contributed by atoms with E-state index in [1.165, 1.54) is 6.07 Å². The molecule has 1 aliphatic heterocycles. The van der Waals surface area contributed by atoms with Crippen LogP contribution >= 0.6 is 11.3 Å². The first-order chi connectivity index (χ1) is 10.1. The Bertz CT molecular complexity index is 632. The van der Waals surface area contributed by atoms with Crippen LogP contribution in [0.4, 0.5) is 11.5 Å². The van der Waals surface area contributed by atoms with Crippen LogP contribution in [-0.2, 0) is 4.74 Å². The molecule has 3 rings (SSSR count). The van der Waals surface area contributed by atoms with Gasteiger partial charge in [0.25, 0.3) is 0 Å². The summed E-state index contributed by atoms with van der Waals surface area (Å²) in [6, 6.07) is 5.10. The van der Waals surface area contributed by atoms with Crippen molar-refractivity contribution in [2.75, 3.05) is 18.0 Å². The molecule has 0 N–H and O–H groups in total. The van der Waals surface area contributed by atoms with Gasteiger partial charge >= 0.3 is 5.69 Å². The van der Waals surface area contributed by atoms with Crippen molar-refractivity contribution >= 4 is 22.8 Å². The molecule has 0 spiro atoms. The van der Waals surface area contributed by atoms with Gasteiger partial charge in [0, 0.05) is 18.8 Å². The SMILES string of the molecule is CC1CN(c2ncccc2[N+](=O)[O-])CC(c2ccsc2)O1. The van der Waals surface area contributed by atoms with E-state index < -0.39 is 0 Å². The maximum Gasteiger partial charge on any atom is 0.311 e. The summed E-state index contributed by atoms with van der Waals surface area (Å²) in [4.78, 5) is 16.9. The van der Waals surface area contributed by atoms with E-state index in [4.69, 9.17) is 4.74 Å². The number of aromatic nitrogens is 1. The van der Waals surface area contributed by atoms with Crippen molar-refractivity contribution in [3.63, 3.8) is 0 Å². The maximum absolute atomic E-state index is 11.2. The van der Waals surface area contributed by atoms with Crippen LogP contribution in [0.15, 0.2) is 35.2 Å². The van der Waals surface area contributed by atoms with Crippen molar-refractivity contribution in [2.45, 2.75) is 19.1 Å². The molecule has 3 heterocycles.